The number of aromatic nitrogens is 5. The zero-order valence-electron chi connectivity index (χ0n) is 20.5. The number of nitrogens with one attached hydrogen (secondary N) is 3. The summed E-state index contributed by atoms with van der Waals surface area (Å²) in [4.78, 5) is 34.5. The molecule has 0 spiro atoms. The summed E-state index contributed by atoms with van der Waals surface area (Å²) >= 11 is 0. The van der Waals surface area contributed by atoms with Crippen molar-refractivity contribution < 1.29 is 19.4 Å². The van der Waals surface area contributed by atoms with Crippen LogP contribution in [0.2, 0.25) is 0 Å². The fraction of sp³-hybridized carbons (Fsp3) is 0.417. The van der Waals surface area contributed by atoms with Gasteiger partial charge in [-0.2, -0.15) is 20.0 Å². The Kier molecular flexibility index (Phi) is 8.46. The summed E-state index contributed by atoms with van der Waals surface area (Å²) in [5.41, 5.74) is 7.00. The van der Waals surface area contributed by atoms with Gasteiger partial charge in [-0.15, -0.1) is 0 Å². The molecule has 4 rings (SSSR count). The number of anilines is 3. The molecule has 0 unspecified atom stereocenters. The number of primary amides is 1. The smallest absolute Gasteiger partial charge is 0.407 e. The number of amides is 2. The normalized spacial score (nSPS) is 19.1. The van der Waals surface area contributed by atoms with E-state index in [-0.39, 0.29) is 23.4 Å². The molecule has 3 aromatic rings. The molecule has 3 atom stereocenters. The van der Waals surface area contributed by atoms with E-state index in [9.17, 15) is 14.7 Å². The van der Waals surface area contributed by atoms with Crippen LogP contribution < -0.4 is 21.7 Å². The molecule has 0 aliphatic heterocycles. The molecule has 1 saturated carbocycles. The Bertz CT molecular complexity index is 1200. The molecule has 6 N–H and O–H groups in total. The number of aliphatic hydroxyl groups excluding tert-OH is 1. The lowest BCUT2D eigenvalue weighted by molar-refractivity contribution is 0.0737. The van der Waals surface area contributed by atoms with Crippen molar-refractivity contribution >= 4 is 29.5 Å². The predicted molar refractivity (Wildman–Crippen MR) is 136 cm³/mol. The highest BCUT2D eigenvalue weighted by Gasteiger charge is 2.34. The molecule has 2 aromatic heterocycles. The van der Waals surface area contributed by atoms with Crippen LogP contribution in [0.5, 0.6) is 0 Å². The number of aliphatic hydroxyl groups is 1. The third kappa shape index (κ3) is 6.70. The molecule has 1 fully saturated rings. The Hall–Kier alpha value is -4.26. The van der Waals surface area contributed by atoms with E-state index in [2.05, 4.69) is 36.1 Å². The average Bonchev–Trinajstić information content (AvgIpc) is 3.42. The number of ether oxygens (including phenoxy) is 1. The summed E-state index contributed by atoms with van der Waals surface area (Å²) in [7, 11) is 0. The van der Waals surface area contributed by atoms with Gasteiger partial charge < -0.3 is 31.5 Å². The predicted octanol–water partition coefficient (Wildman–Crippen LogP) is 2.12. The van der Waals surface area contributed by atoms with E-state index >= 15 is 0 Å². The zero-order valence-corrected chi connectivity index (χ0v) is 20.5. The lowest BCUT2D eigenvalue weighted by Gasteiger charge is -2.36. The monoisotopic (exact) mass is 509 g/mol. The van der Waals surface area contributed by atoms with Crippen molar-refractivity contribution in [3.63, 3.8) is 0 Å². The highest BCUT2D eigenvalue weighted by atomic mass is 16.5. The van der Waals surface area contributed by atoms with E-state index in [1.807, 2.05) is 19.1 Å². The van der Waals surface area contributed by atoms with Crippen molar-refractivity contribution in [2.75, 3.05) is 17.2 Å². The van der Waals surface area contributed by atoms with Crippen LogP contribution >= 0.6 is 0 Å². The summed E-state index contributed by atoms with van der Waals surface area (Å²) < 4.78 is 5.20. The van der Waals surface area contributed by atoms with Crippen molar-refractivity contribution in [3.05, 3.63) is 48.4 Å². The second kappa shape index (κ2) is 12.1. The molecule has 196 valence electrons. The molecule has 37 heavy (non-hydrogen) atoms. The van der Waals surface area contributed by atoms with Gasteiger partial charge in [-0.1, -0.05) is 19.4 Å². The van der Waals surface area contributed by atoms with Gasteiger partial charge in [0.15, 0.2) is 0 Å². The van der Waals surface area contributed by atoms with E-state index < -0.39 is 24.1 Å². The van der Waals surface area contributed by atoms with Gasteiger partial charge in [-0.3, -0.25) is 4.79 Å². The number of hydrogen-bond donors (Lipinski definition) is 5. The van der Waals surface area contributed by atoms with Gasteiger partial charge in [-0.05, 0) is 43.9 Å². The Morgan fingerprint density at radius 1 is 1.24 bits per heavy atom. The van der Waals surface area contributed by atoms with Gasteiger partial charge in [-0.25, -0.2) is 9.78 Å². The standard InChI is InChI=1S/C24H31N9O4/c1-2-3-12-37-24(36)31-20-18(8-5-9-19(20)34)30-23-26-14-17(21(25)35)22(32-23)29-15-6-4-7-16(13-15)33-27-10-11-28-33/h4,6-7,10-11,13-14,18-20,34H,2-3,5,8-9,12H2,1H3,(H2,25,35)(H,31,36)(H2,26,29,30,32)/t18-,19+,20-/m1/s1. The van der Waals surface area contributed by atoms with E-state index in [1.54, 1.807) is 24.5 Å². The van der Waals surface area contributed by atoms with Crippen LogP contribution in [0.25, 0.3) is 5.69 Å². The minimum atomic E-state index is -0.758. The lowest BCUT2D eigenvalue weighted by Crippen LogP contribution is -2.56. The molecule has 13 nitrogen and oxygen atoms in total. The molecule has 2 heterocycles. The van der Waals surface area contributed by atoms with Crippen molar-refractivity contribution in [1.82, 2.24) is 30.3 Å². The van der Waals surface area contributed by atoms with Crippen molar-refractivity contribution in [2.45, 2.75) is 57.2 Å². The number of alkyl carbamates (subject to hydrolysis) is 1. The molecule has 1 aliphatic rings. The lowest BCUT2D eigenvalue weighted by atomic mass is 9.88. The number of carbonyl (C=O) groups is 2. The van der Waals surface area contributed by atoms with E-state index in [0.29, 0.717) is 30.8 Å². The average molecular weight is 510 g/mol. The van der Waals surface area contributed by atoms with Crippen LogP contribution in [0, 0.1) is 0 Å². The molecular formula is C24H31N9O4. The number of carbonyl (C=O) groups excluding carboxylic acids is 2. The third-order valence-electron chi connectivity index (χ3n) is 6.01. The SMILES string of the molecule is CCCCOC(=O)N[C@H]1[C@@H](O)CCC[C@H]1Nc1ncc(C(N)=O)c(Nc2cccc(-n3nccn3)c2)n1. The maximum Gasteiger partial charge on any atom is 0.407 e. The molecule has 1 aromatic carbocycles. The van der Waals surface area contributed by atoms with Crippen LogP contribution in [0.4, 0.5) is 22.2 Å². The van der Waals surface area contributed by atoms with E-state index in [0.717, 1.165) is 19.3 Å². The van der Waals surface area contributed by atoms with Crippen LogP contribution in [-0.2, 0) is 4.74 Å². The topological polar surface area (TPSA) is 182 Å². The number of nitrogens with two attached hydrogens (primary N) is 1. The van der Waals surface area contributed by atoms with Crippen LogP contribution in [0.3, 0.4) is 0 Å². The van der Waals surface area contributed by atoms with Crippen molar-refractivity contribution in [2.24, 2.45) is 5.73 Å². The minimum absolute atomic E-state index is 0.103. The molecular weight excluding hydrogens is 478 g/mol. The second-order valence-corrected chi connectivity index (χ2v) is 8.72. The highest BCUT2D eigenvalue weighted by molar-refractivity contribution is 5.98. The summed E-state index contributed by atoms with van der Waals surface area (Å²) in [5, 5.41) is 27.9. The first-order valence-corrected chi connectivity index (χ1v) is 12.2. The maximum atomic E-state index is 12.2. The first-order valence-electron chi connectivity index (χ1n) is 12.2. The molecule has 0 radical (unpaired) electrons. The molecule has 0 bridgehead atoms. The first-order chi connectivity index (χ1) is 17.9. The summed E-state index contributed by atoms with van der Waals surface area (Å²) in [6, 6.07) is 6.28. The Morgan fingerprint density at radius 3 is 2.81 bits per heavy atom. The van der Waals surface area contributed by atoms with Gasteiger partial charge in [0.25, 0.3) is 5.91 Å². The number of unbranched alkanes of at least 4 members (excludes halogenated alkanes) is 1. The number of hydrogen-bond acceptors (Lipinski definition) is 10. The minimum Gasteiger partial charge on any atom is -0.450 e. The van der Waals surface area contributed by atoms with Gasteiger partial charge in [0.1, 0.15) is 11.4 Å². The third-order valence-corrected chi connectivity index (χ3v) is 6.01. The van der Waals surface area contributed by atoms with Crippen LogP contribution in [0.1, 0.15) is 49.4 Å². The maximum absolute atomic E-state index is 12.2. The number of nitrogens with zero attached hydrogens (tertiary/aromatic N) is 5. The molecule has 1 aliphatic carbocycles. The van der Waals surface area contributed by atoms with Gasteiger partial charge in [0.05, 0.1) is 42.9 Å². The quantitative estimate of drug-likeness (QED) is 0.254. The number of rotatable bonds is 10. The summed E-state index contributed by atoms with van der Waals surface area (Å²) in [5.74, 6) is -0.278. The van der Waals surface area contributed by atoms with Gasteiger partial charge in [0, 0.05) is 11.9 Å². The van der Waals surface area contributed by atoms with E-state index in [1.165, 1.54) is 11.0 Å². The van der Waals surface area contributed by atoms with Gasteiger partial charge in [0.2, 0.25) is 5.95 Å². The van der Waals surface area contributed by atoms with E-state index in [4.69, 9.17) is 10.5 Å². The highest BCUT2D eigenvalue weighted by Crippen LogP contribution is 2.25. The zero-order chi connectivity index (χ0) is 26.2. The van der Waals surface area contributed by atoms with Crippen molar-refractivity contribution in [3.8, 4) is 5.69 Å². The Balaban J connectivity index is 1.52. The van der Waals surface area contributed by atoms with Gasteiger partial charge >= 0.3 is 6.09 Å². The number of benzene rings is 1. The second-order valence-electron chi connectivity index (χ2n) is 8.72. The fourth-order valence-corrected chi connectivity index (χ4v) is 4.11. The van der Waals surface area contributed by atoms with Crippen LogP contribution in [0.15, 0.2) is 42.9 Å². The largest absolute Gasteiger partial charge is 0.450 e. The van der Waals surface area contributed by atoms with Crippen LogP contribution in [-0.4, -0.2) is 66.9 Å². The van der Waals surface area contributed by atoms with Crippen molar-refractivity contribution in [1.29, 1.82) is 0 Å². The Morgan fingerprint density at radius 2 is 2.05 bits per heavy atom. The molecule has 0 saturated heterocycles. The summed E-state index contributed by atoms with van der Waals surface area (Å²) in [6.45, 7) is 2.32. The first kappa shape index (κ1) is 25.8. The Labute approximate surface area is 213 Å². The fourth-order valence-electron chi connectivity index (χ4n) is 4.11. The summed E-state index contributed by atoms with van der Waals surface area (Å²) in [6.07, 6.45) is 6.78. The molecule has 13 heteroatoms. The molecule has 2 amide bonds.